The van der Waals surface area contributed by atoms with E-state index in [2.05, 4.69) is 37.5 Å². The van der Waals surface area contributed by atoms with Crippen molar-refractivity contribution in [3.05, 3.63) is 40.3 Å². The van der Waals surface area contributed by atoms with Gasteiger partial charge in [0.2, 0.25) is 0 Å². The predicted molar refractivity (Wildman–Crippen MR) is 87.2 cm³/mol. The Hall–Kier alpha value is -2.44. The lowest BCUT2D eigenvalue weighted by atomic mass is 10.2. The molecule has 118 valence electrons. The molecule has 2 heterocycles. The number of nitrogens with one attached hydrogen (secondary N) is 3. The van der Waals surface area contributed by atoms with E-state index < -0.39 is 0 Å². The highest BCUT2D eigenvalue weighted by atomic mass is 16.1. The fourth-order valence-corrected chi connectivity index (χ4v) is 2.01. The third-order valence-electron chi connectivity index (χ3n) is 3.07. The van der Waals surface area contributed by atoms with Crippen molar-refractivity contribution in [2.75, 3.05) is 23.7 Å². The van der Waals surface area contributed by atoms with Gasteiger partial charge in [0.05, 0.1) is 6.33 Å². The fraction of sp³-hybridized carbons (Fsp3) is 0.467. The molecule has 2 rings (SSSR count). The molecule has 7 nitrogen and oxygen atoms in total. The topological polar surface area (TPSA) is 95.6 Å². The summed E-state index contributed by atoms with van der Waals surface area (Å²) in [6.45, 7) is 5.45. The van der Waals surface area contributed by atoms with Crippen LogP contribution < -0.4 is 16.2 Å². The highest BCUT2D eigenvalue weighted by Gasteiger charge is 2.02. The van der Waals surface area contributed by atoms with Gasteiger partial charge in [0, 0.05) is 37.3 Å². The van der Waals surface area contributed by atoms with Gasteiger partial charge in [-0.2, -0.15) is 0 Å². The van der Waals surface area contributed by atoms with Crippen LogP contribution in [0.4, 0.5) is 11.6 Å². The van der Waals surface area contributed by atoms with Gasteiger partial charge in [-0.3, -0.25) is 4.79 Å². The molecule has 7 heteroatoms. The van der Waals surface area contributed by atoms with E-state index in [9.17, 15) is 4.79 Å². The average molecular weight is 302 g/mol. The van der Waals surface area contributed by atoms with Gasteiger partial charge in [0.25, 0.3) is 5.56 Å². The maximum Gasteiger partial charge on any atom is 0.252 e. The zero-order chi connectivity index (χ0) is 15.8. The van der Waals surface area contributed by atoms with Crippen LogP contribution in [0.15, 0.2) is 23.3 Å². The summed E-state index contributed by atoms with van der Waals surface area (Å²) in [5.41, 5.74) is 0.797. The second-order valence-electron chi connectivity index (χ2n) is 5.06. The van der Waals surface area contributed by atoms with Crippen molar-refractivity contribution in [1.82, 2.24) is 19.9 Å². The summed E-state index contributed by atoms with van der Waals surface area (Å²) >= 11 is 0. The minimum Gasteiger partial charge on any atom is -0.368 e. The van der Waals surface area contributed by atoms with Crippen LogP contribution in [0.5, 0.6) is 0 Å². The van der Waals surface area contributed by atoms with Crippen molar-refractivity contribution >= 4 is 11.6 Å². The fourth-order valence-electron chi connectivity index (χ4n) is 2.01. The number of H-pyrrole nitrogens is 1. The van der Waals surface area contributed by atoms with E-state index in [0.29, 0.717) is 18.9 Å². The Morgan fingerprint density at radius 3 is 2.64 bits per heavy atom. The van der Waals surface area contributed by atoms with E-state index in [-0.39, 0.29) is 5.56 Å². The van der Waals surface area contributed by atoms with Crippen molar-refractivity contribution in [3.8, 4) is 0 Å². The standard InChI is InChI=1S/C15H22N6O/c1-3-4-5-12-20-11(2)8-14(21-12)17-7-6-16-13-9-15(22)19-10-18-13/h8-10H,3-7H2,1-2H3,(H,17,20,21)(H2,16,18,19,22). The van der Waals surface area contributed by atoms with E-state index in [1.165, 1.54) is 12.4 Å². The number of hydrogen-bond donors (Lipinski definition) is 3. The first-order chi connectivity index (χ1) is 10.7. The molecular weight excluding hydrogens is 280 g/mol. The third kappa shape index (κ3) is 5.16. The maximum absolute atomic E-state index is 11.1. The number of anilines is 2. The molecule has 0 amide bonds. The molecule has 22 heavy (non-hydrogen) atoms. The molecule has 0 aliphatic rings. The first kappa shape index (κ1) is 15.9. The maximum atomic E-state index is 11.1. The second kappa shape index (κ2) is 8.11. The molecule has 0 fully saturated rings. The minimum atomic E-state index is -0.169. The van der Waals surface area contributed by atoms with Gasteiger partial charge < -0.3 is 15.6 Å². The largest absolute Gasteiger partial charge is 0.368 e. The van der Waals surface area contributed by atoms with Gasteiger partial charge in [-0.1, -0.05) is 13.3 Å². The molecule has 0 radical (unpaired) electrons. The molecule has 0 aliphatic carbocycles. The Morgan fingerprint density at radius 1 is 1.14 bits per heavy atom. The van der Waals surface area contributed by atoms with E-state index in [1.54, 1.807) is 0 Å². The Bertz CT molecular complexity index is 654. The van der Waals surface area contributed by atoms with E-state index in [0.717, 1.165) is 36.6 Å². The van der Waals surface area contributed by atoms with Crippen molar-refractivity contribution in [2.24, 2.45) is 0 Å². The summed E-state index contributed by atoms with van der Waals surface area (Å²) < 4.78 is 0. The van der Waals surface area contributed by atoms with Gasteiger partial charge in [-0.05, 0) is 13.3 Å². The summed E-state index contributed by atoms with van der Waals surface area (Å²) in [5, 5.41) is 6.34. The van der Waals surface area contributed by atoms with E-state index in [1.807, 2.05) is 13.0 Å². The van der Waals surface area contributed by atoms with Crippen molar-refractivity contribution in [3.63, 3.8) is 0 Å². The summed E-state index contributed by atoms with van der Waals surface area (Å²) in [4.78, 5) is 26.6. The lowest BCUT2D eigenvalue weighted by Gasteiger charge is -2.09. The Morgan fingerprint density at radius 2 is 1.91 bits per heavy atom. The van der Waals surface area contributed by atoms with Crippen LogP contribution in [0, 0.1) is 6.92 Å². The van der Waals surface area contributed by atoms with Crippen LogP contribution in [0.1, 0.15) is 31.3 Å². The highest BCUT2D eigenvalue weighted by Crippen LogP contribution is 2.08. The number of rotatable bonds is 8. The first-order valence-corrected chi connectivity index (χ1v) is 7.54. The van der Waals surface area contributed by atoms with E-state index >= 15 is 0 Å². The molecule has 0 aromatic carbocycles. The summed E-state index contributed by atoms with van der Waals surface area (Å²) in [7, 11) is 0. The van der Waals surface area contributed by atoms with Crippen LogP contribution >= 0.6 is 0 Å². The number of aromatic nitrogens is 4. The molecule has 2 aromatic heterocycles. The van der Waals surface area contributed by atoms with Crippen LogP contribution in [0.3, 0.4) is 0 Å². The zero-order valence-corrected chi connectivity index (χ0v) is 13.0. The smallest absolute Gasteiger partial charge is 0.252 e. The predicted octanol–water partition coefficient (Wildman–Crippen LogP) is 1.73. The molecule has 0 bridgehead atoms. The lowest BCUT2D eigenvalue weighted by Crippen LogP contribution is -2.17. The molecule has 0 atom stereocenters. The first-order valence-electron chi connectivity index (χ1n) is 7.54. The number of unbranched alkanes of at least 4 members (excludes halogenated alkanes) is 1. The average Bonchev–Trinajstić information content (AvgIpc) is 2.49. The van der Waals surface area contributed by atoms with Crippen LogP contribution in [-0.2, 0) is 6.42 Å². The Labute approximate surface area is 129 Å². The van der Waals surface area contributed by atoms with Crippen molar-refractivity contribution in [1.29, 1.82) is 0 Å². The van der Waals surface area contributed by atoms with Gasteiger partial charge in [-0.25, -0.2) is 15.0 Å². The molecule has 3 N–H and O–H groups in total. The summed E-state index contributed by atoms with van der Waals surface area (Å²) in [5.74, 6) is 2.28. The summed E-state index contributed by atoms with van der Waals surface area (Å²) in [6.07, 6.45) is 4.51. The van der Waals surface area contributed by atoms with Crippen LogP contribution in [-0.4, -0.2) is 33.0 Å². The Balaban J connectivity index is 1.83. The SMILES string of the molecule is CCCCc1nc(C)cc(NCCNc2cc(=O)[nH]cn2)n1. The monoisotopic (exact) mass is 302 g/mol. The molecular formula is C15H22N6O. The molecule has 0 aliphatic heterocycles. The van der Waals surface area contributed by atoms with Gasteiger partial charge in [-0.15, -0.1) is 0 Å². The van der Waals surface area contributed by atoms with Gasteiger partial charge >= 0.3 is 0 Å². The molecule has 0 spiro atoms. The second-order valence-corrected chi connectivity index (χ2v) is 5.06. The molecule has 0 saturated heterocycles. The lowest BCUT2D eigenvalue weighted by molar-refractivity contribution is 0.748. The summed E-state index contributed by atoms with van der Waals surface area (Å²) in [6, 6.07) is 3.36. The van der Waals surface area contributed by atoms with Gasteiger partial charge in [0.15, 0.2) is 0 Å². The normalized spacial score (nSPS) is 10.5. The van der Waals surface area contributed by atoms with Crippen LogP contribution in [0.2, 0.25) is 0 Å². The number of aryl methyl sites for hydroxylation is 2. The zero-order valence-electron chi connectivity index (χ0n) is 13.0. The highest BCUT2D eigenvalue weighted by molar-refractivity contribution is 5.37. The Kier molecular flexibility index (Phi) is 5.88. The molecule has 0 saturated carbocycles. The third-order valence-corrected chi connectivity index (χ3v) is 3.07. The number of aromatic amines is 1. The number of nitrogens with zero attached hydrogens (tertiary/aromatic N) is 3. The van der Waals surface area contributed by atoms with Crippen molar-refractivity contribution in [2.45, 2.75) is 33.1 Å². The van der Waals surface area contributed by atoms with Crippen molar-refractivity contribution < 1.29 is 0 Å². The number of hydrogen-bond acceptors (Lipinski definition) is 6. The minimum absolute atomic E-state index is 0.169. The van der Waals surface area contributed by atoms with Crippen LogP contribution in [0.25, 0.3) is 0 Å². The molecule has 2 aromatic rings. The van der Waals surface area contributed by atoms with E-state index in [4.69, 9.17) is 0 Å². The molecule has 0 unspecified atom stereocenters. The van der Waals surface area contributed by atoms with Gasteiger partial charge in [0.1, 0.15) is 17.5 Å². The quantitative estimate of drug-likeness (QED) is 0.643.